The number of aromatic nitrogens is 2. The third-order valence-electron chi connectivity index (χ3n) is 2.18. The van der Waals surface area contributed by atoms with Gasteiger partial charge in [-0.3, -0.25) is 9.97 Å². The zero-order valence-corrected chi connectivity index (χ0v) is 8.73. The van der Waals surface area contributed by atoms with Gasteiger partial charge in [0.2, 0.25) is 0 Å². The first-order valence-electron chi connectivity index (χ1n) is 5.05. The summed E-state index contributed by atoms with van der Waals surface area (Å²) in [6, 6.07) is 6.83. The van der Waals surface area contributed by atoms with E-state index in [1.165, 1.54) is 6.07 Å². The van der Waals surface area contributed by atoms with E-state index in [0.717, 1.165) is 5.56 Å². The fourth-order valence-electron chi connectivity index (χ4n) is 1.38. The van der Waals surface area contributed by atoms with Gasteiger partial charge in [0.15, 0.2) is 0 Å². The normalized spacial score (nSPS) is 10.3. The number of nitrogens with zero attached hydrogens (tertiary/aromatic N) is 2. The van der Waals surface area contributed by atoms with Crippen LogP contribution >= 0.6 is 0 Å². The smallest absolute Gasteiger partial charge is 0.146 e. The summed E-state index contributed by atoms with van der Waals surface area (Å²) in [7, 11) is 0. The summed E-state index contributed by atoms with van der Waals surface area (Å²) in [5, 5.41) is 3.12. The predicted octanol–water partition coefficient (Wildman–Crippen LogP) is 1.91. The molecule has 82 valence electrons. The molecule has 0 aliphatic rings. The second-order valence-electron chi connectivity index (χ2n) is 3.40. The van der Waals surface area contributed by atoms with Crippen molar-refractivity contribution in [2.24, 2.45) is 0 Å². The van der Waals surface area contributed by atoms with E-state index >= 15 is 0 Å². The van der Waals surface area contributed by atoms with Crippen LogP contribution in [0.5, 0.6) is 0 Å². The average molecular weight is 217 g/mol. The Kier molecular flexibility index (Phi) is 3.56. The molecule has 0 saturated heterocycles. The lowest BCUT2D eigenvalue weighted by Crippen LogP contribution is -2.14. The van der Waals surface area contributed by atoms with Gasteiger partial charge in [-0.05, 0) is 23.8 Å². The third kappa shape index (κ3) is 2.84. The molecule has 0 fully saturated rings. The largest absolute Gasteiger partial charge is 0.307 e. The molecule has 4 heteroatoms. The van der Waals surface area contributed by atoms with E-state index in [9.17, 15) is 4.39 Å². The summed E-state index contributed by atoms with van der Waals surface area (Å²) in [4.78, 5) is 7.95. The molecule has 0 amide bonds. The molecule has 0 aliphatic carbocycles. The van der Waals surface area contributed by atoms with Crippen LogP contribution < -0.4 is 5.32 Å². The van der Waals surface area contributed by atoms with E-state index in [-0.39, 0.29) is 5.82 Å². The highest BCUT2D eigenvalue weighted by Gasteiger charge is 2.01. The maximum absolute atomic E-state index is 13.2. The average Bonchev–Trinajstić information content (AvgIpc) is 2.33. The van der Waals surface area contributed by atoms with Gasteiger partial charge in [0.05, 0.1) is 5.69 Å². The molecule has 0 radical (unpaired) electrons. The minimum absolute atomic E-state index is 0.277. The van der Waals surface area contributed by atoms with Crippen molar-refractivity contribution in [2.45, 2.75) is 13.1 Å². The van der Waals surface area contributed by atoms with Crippen molar-refractivity contribution in [1.82, 2.24) is 15.3 Å². The Bertz CT molecular complexity index is 445. The highest BCUT2D eigenvalue weighted by atomic mass is 19.1. The molecule has 0 spiro atoms. The summed E-state index contributed by atoms with van der Waals surface area (Å²) >= 11 is 0. The van der Waals surface area contributed by atoms with E-state index in [1.54, 1.807) is 24.7 Å². The van der Waals surface area contributed by atoms with E-state index < -0.39 is 0 Å². The zero-order chi connectivity index (χ0) is 11.2. The topological polar surface area (TPSA) is 37.8 Å². The summed E-state index contributed by atoms with van der Waals surface area (Å²) in [5.74, 6) is -0.277. The minimum Gasteiger partial charge on any atom is -0.307 e. The van der Waals surface area contributed by atoms with Crippen LogP contribution in [0.2, 0.25) is 0 Å². The van der Waals surface area contributed by atoms with Crippen molar-refractivity contribution in [3.05, 3.63) is 59.9 Å². The van der Waals surface area contributed by atoms with Gasteiger partial charge in [0.25, 0.3) is 0 Å². The Morgan fingerprint density at radius 1 is 1.12 bits per heavy atom. The Labute approximate surface area is 93.4 Å². The maximum atomic E-state index is 13.2. The highest BCUT2D eigenvalue weighted by Crippen LogP contribution is 2.02. The third-order valence-corrected chi connectivity index (χ3v) is 2.18. The van der Waals surface area contributed by atoms with Crippen LogP contribution in [-0.2, 0) is 13.1 Å². The van der Waals surface area contributed by atoms with Crippen LogP contribution in [0.25, 0.3) is 0 Å². The summed E-state index contributed by atoms with van der Waals surface area (Å²) in [6.07, 6.45) is 5.09. The summed E-state index contributed by atoms with van der Waals surface area (Å²) < 4.78 is 13.2. The van der Waals surface area contributed by atoms with Gasteiger partial charge in [-0.25, -0.2) is 4.39 Å². The van der Waals surface area contributed by atoms with Crippen molar-refractivity contribution < 1.29 is 4.39 Å². The van der Waals surface area contributed by atoms with Gasteiger partial charge in [0, 0.05) is 31.7 Å². The molecule has 0 aliphatic heterocycles. The van der Waals surface area contributed by atoms with Gasteiger partial charge in [-0.1, -0.05) is 6.07 Å². The molecule has 3 nitrogen and oxygen atoms in total. The fraction of sp³-hybridized carbons (Fsp3) is 0.167. The first kappa shape index (κ1) is 10.7. The van der Waals surface area contributed by atoms with Crippen molar-refractivity contribution in [2.75, 3.05) is 0 Å². The van der Waals surface area contributed by atoms with Crippen LogP contribution in [0.3, 0.4) is 0 Å². The van der Waals surface area contributed by atoms with Crippen LogP contribution in [0.1, 0.15) is 11.3 Å². The van der Waals surface area contributed by atoms with Crippen LogP contribution in [0.15, 0.2) is 42.9 Å². The van der Waals surface area contributed by atoms with Crippen LogP contribution in [0.4, 0.5) is 4.39 Å². The fourth-order valence-corrected chi connectivity index (χ4v) is 1.38. The Balaban J connectivity index is 1.87. The molecule has 0 bridgehead atoms. The van der Waals surface area contributed by atoms with Gasteiger partial charge in [0.1, 0.15) is 5.82 Å². The van der Waals surface area contributed by atoms with Gasteiger partial charge < -0.3 is 5.32 Å². The molecule has 2 aromatic rings. The number of rotatable bonds is 4. The lowest BCUT2D eigenvalue weighted by Gasteiger charge is -2.04. The quantitative estimate of drug-likeness (QED) is 0.850. The first-order valence-corrected chi connectivity index (χ1v) is 5.05. The molecule has 0 unspecified atom stereocenters. The zero-order valence-electron chi connectivity index (χ0n) is 8.73. The molecule has 0 atom stereocenters. The van der Waals surface area contributed by atoms with Crippen LogP contribution in [0, 0.1) is 5.82 Å². The van der Waals surface area contributed by atoms with Crippen LogP contribution in [-0.4, -0.2) is 9.97 Å². The molecule has 2 aromatic heterocycles. The first-order chi connectivity index (χ1) is 7.86. The second kappa shape index (κ2) is 5.32. The van der Waals surface area contributed by atoms with Crippen molar-refractivity contribution in [1.29, 1.82) is 0 Å². The van der Waals surface area contributed by atoms with E-state index in [4.69, 9.17) is 0 Å². The standard InChI is InChI=1S/C12H12FN3/c13-11-4-2-6-16-12(11)9-15-8-10-3-1-5-14-7-10/h1-7,15H,8-9H2. The number of halogens is 1. The molecular weight excluding hydrogens is 205 g/mol. The lowest BCUT2D eigenvalue weighted by molar-refractivity contribution is 0.573. The molecule has 2 heterocycles. The number of pyridine rings is 2. The SMILES string of the molecule is Fc1cccnc1CNCc1cccnc1. The summed E-state index contributed by atoms with van der Waals surface area (Å²) in [5.41, 5.74) is 1.50. The number of nitrogens with one attached hydrogen (secondary N) is 1. The Morgan fingerprint density at radius 3 is 2.75 bits per heavy atom. The molecule has 16 heavy (non-hydrogen) atoms. The second-order valence-corrected chi connectivity index (χ2v) is 3.40. The van der Waals surface area contributed by atoms with E-state index in [0.29, 0.717) is 18.8 Å². The molecule has 2 rings (SSSR count). The van der Waals surface area contributed by atoms with Crippen molar-refractivity contribution in [3.63, 3.8) is 0 Å². The Hall–Kier alpha value is -1.81. The van der Waals surface area contributed by atoms with E-state index in [1.807, 2.05) is 12.1 Å². The predicted molar refractivity (Wildman–Crippen MR) is 59.0 cm³/mol. The molecular formula is C12H12FN3. The molecule has 0 aromatic carbocycles. The van der Waals surface area contributed by atoms with Gasteiger partial charge in [-0.15, -0.1) is 0 Å². The minimum atomic E-state index is -0.277. The summed E-state index contributed by atoms with van der Waals surface area (Å²) in [6.45, 7) is 1.07. The lowest BCUT2D eigenvalue weighted by atomic mass is 10.3. The Morgan fingerprint density at radius 2 is 2.00 bits per heavy atom. The number of hydrogen-bond donors (Lipinski definition) is 1. The molecule has 1 N–H and O–H groups in total. The highest BCUT2D eigenvalue weighted by molar-refractivity contribution is 5.09. The molecule has 0 saturated carbocycles. The number of hydrogen-bond acceptors (Lipinski definition) is 3. The van der Waals surface area contributed by atoms with E-state index in [2.05, 4.69) is 15.3 Å². The van der Waals surface area contributed by atoms with Gasteiger partial charge in [-0.2, -0.15) is 0 Å². The van der Waals surface area contributed by atoms with Gasteiger partial charge >= 0.3 is 0 Å². The monoisotopic (exact) mass is 217 g/mol. The van der Waals surface area contributed by atoms with Crippen molar-refractivity contribution in [3.8, 4) is 0 Å². The van der Waals surface area contributed by atoms with Crippen molar-refractivity contribution >= 4 is 0 Å². The maximum Gasteiger partial charge on any atom is 0.146 e.